The average molecular weight is 241 g/mol. The van der Waals surface area contributed by atoms with Crippen LogP contribution in [0.25, 0.3) is 0 Å². The zero-order chi connectivity index (χ0) is 9.84. The molecule has 0 saturated carbocycles. The first kappa shape index (κ1) is 9.68. The summed E-state index contributed by atoms with van der Waals surface area (Å²) in [6, 6.07) is 3.35. The number of methoxy groups -OCH3 is 1. The van der Waals surface area contributed by atoms with Gasteiger partial charge in [0.05, 0.1) is 18.2 Å². The molecule has 5 heteroatoms. The first-order chi connectivity index (χ1) is 6.19. The van der Waals surface area contributed by atoms with E-state index in [1.807, 2.05) is 6.07 Å². The van der Waals surface area contributed by atoms with E-state index in [9.17, 15) is 4.79 Å². The van der Waals surface area contributed by atoms with Crippen LogP contribution in [0, 0.1) is 11.3 Å². The number of pyridine rings is 1. The molecule has 0 bridgehead atoms. The Morgan fingerprint density at radius 2 is 2.46 bits per heavy atom. The quantitative estimate of drug-likeness (QED) is 0.552. The Morgan fingerprint density at radius 3 is 3.00 bits per heavy atom. The highest BCUT2D eigenvalue weighted by Crippen LogP contribution is 2.13. The topological polar surface area (TPSA) is 63.0 Å². The Kier molecular flexibility index (Phi) is 2.98. The predicted molar refractivity (Wildman–Crippen MR) is 48.0 cm³/mol. The molecule has 0 N–H and O–H groups in total. The molecule has 0 fully saturated rings. The minimum Gasteiger partial charge on any atom is -0.465 e. The van der Waals surface area contributed by atoms with E-state index in [1.54, 1.807) is 0 Å². The molecule has 1 rings (SSSR count). The molecule has 0 radical (unpaired) electrons. The van der Waals surface area contributed by atoms with Gasteiger partial charge in [-0.05, 0) is 22.0 Å². The second-order valence-electron chi connectivity index (χ2n) is 2.16. The fourth-order valence-electron chi connectivity index (χ4n) is 0.795. The van der Waals surface area contributed by atoms with Gasteiger partial charge in [-0.3, -0.25) is 0 Å². The van der Waals surface area contributed by atoms with E-state index in [0.29, 0.717) is 4.60 Å². The van der Waals surface area contributed by atoms with Crippen LogP contribution in [0.15, 0.2) is 16.9 Å². The van der Waals surface area contributed by atoms with Crippen LogP contribution in [-0.4, -0.2) is 18.1 Å². The maximum atomic E-state index is 11.1. The molecule has 0 spiro atoms. The second-order valence-corrected chi connectivity index (χ2v) is 2.97. The molecule has 66 valence electrons. The fourth-order valence-corrected chi connectivity index (χ4v) is 1.13. The number of hydrogen-bond donors (Lipinski definition) is 0. The van der Waals surface area contributed by atoms with Crippen molar-refractivity contribution in [1.82, 2.24) is 4.98 Å². The van der Waals surface area contributed by atoms with Gasteiger partial charge in [0.2, 0.25) is 0 Å². The van der Waals surface area contributed by atoms with E-state index < -0.39 is 5.97 Å². The number of hydrogen-bond acceptors (Lipinski definition) is 4. The molecule has 0 saturated heterocycles. The summed E-state index contributed by atoms with van der Waals surface area (Å²) in [5.41, 5.74) is 0.418. The van der Waals surface area contributed by atoms with Crippen LogP contribution < -0.4 is 0 Å². The Balaban J connectivity index is 3.23. The average Bonchev–Trinajstić information content (AvgIpc) is 2.16. The van der Waals surface area contributed by atoms with E-state index in [2.05, 4.69) is 25.7 Å². The minimum atomic E-state index is -0.559. The van der Waals surface area contributed by atoms with Crippen LogP contribution in [0.5, 0.6) is 0 Å². The van der Waals surface area contributed by atoms with Crippen molar-refractivity contribution in [2.24, 2.45) is 0 Å². The first-order valence-corrected chi connectivity index (χ1v) is 4.12. The number of rotatable bonds is 1. The third kappa shape index (κ3) is 2.04. The number of aromatic nitrogens is 1. The van der Waals surface area contributed by atoms with Crippen molar-refractivity contribution in [2.45, 2.75) is 0 Å². The number of halogens is 1. The molecule has 4 nitrogen and oxygen atoms in total. The zero-order valence-corrected chi connectivity index (χ0v) is 8.33. The van der Waals surface area contributed by atoms with E-state index in [0.717, 1.165) is 0 Å². The lowest BCUT2D eigenvalue weighted by Gasteiger charge is -2.00. The molecule has 0 aliphatic heterocycles. The molecular weight excluding hydrogens is 236 g/mol. The van der Waals surface area contributed by atoms with Crippen LogP contribution in [0.1, 0.15) is 15.9 Å². The lowest BCUT2D eigenvalue weighted by Crippen LogP contribution is -2.04. The standard InChI is InChI=1S/C8H5BrN2O2/c1-13-8(12)6-4-11-7(9)2-5(6)3-10/h2,4H,1H3. The van der Waals surface area contributed by atoms with Gasteiger partial charge in [0, 0.05) is 6.20 Å². The zero-order valence-electron chi connectivity index (χ0n) is 6.74. The number of carbonyl (C=O) groups excluding carboxylic acids is 1. The lowest BCUT2D eigenvalue weighted by molar-refractivity contribution is 0.0600. The van der Waals surface area contributed by atoms with E-state index in [-0.39, 0.29) is 11.1 Å². The number of nitriles is 1. The highest BCUT2D eigenvalue weighted by molar-refractivity contribution is 9.10. The molecule has 0 atom stereocenters. The number of esters is 1. The van der Waals surface area contributed by atoms with Gasteiger partial charge >= 0.3 is 5.97 Å². The Morgan fingerprint density at radius 1 is 1.77 bits per heavy atom. The largest absolute Gasteiger partial charge is 0.465 e. The Labute approximate surface area is 83.3 Å². The number of nitrogens with zero attached hydrogens (tertiary/aromatic N) is 2. The second kappa shape index (κ2) is 4.01. The highest BCUT2D eigenvalue weighted by atomic mass is 79.9. The van der Waals surface area contributed by atoms with Crippen molar-refractivity contribution in [3.8, 4) is 6.07 Å². The van der Waals surface area contributed by atoms with Gasteiger partial charge in [-0.1, -0.05) is 0 Å². The predicted octanol–water partition coefficient (Wildman–Crippen LogP) is 1.50. The monoisotopic (exact) mass is 240 g/mol. The first-order valence-electron chi connectivity index (χ1n) is 3.33. The van der Waals surface area contributed by atoms with Gasteiger partial charge in [0.15, 0.2) is 0 Å². The third-order valence-electron chi connectivity index (χ3n) is 1.40. The van der Waals surface area contributed by atoms with Gasteiger partial charge in [-0.2, -0.15) is 5.26 Å². The van der Waals surface area contributed by atoms with Crippen LogP contribution in [0.4, 0.5) is 0 Å². The summed E-state index contributed by atoms with van der Waals surface area (Å²) in [7, 11) is 1.26. The normalized spacial score (nSPS) is 9.00. The van der Waals surface area contributed by atoms with E-state index in [4.69, 9.17) is 5.26 Å². The molecule has 0 aromatic carbocycles. The van der Waals surface area contributed by atoms with Crippen LogP contribution in [0.3, 0.4) is 0 Å². The Hall–Kier alpha value is -1.41. The molecule has 0 aliphatic carbocycles. The molecule has 1 heterocycles. The summed E-state index contributed by atoms with van der Waals surface area (Å²) in [6.45, 7) is 0. The van der Waals surface area contributed by atoms with Gasteiger partial charge in [0.25, 0.3) is 0 Å². The molecule has 1 aromatic heterocycles. The van der Waals surface area contributed by atoms with E-state index in [1.165, 1.54) is 19.4 Å². The van der Waals surface area contributed by atoms with Gasteiger partial charge in [-0.25, -0.2) is 9.78 Å². The molecule has 0 aliphatic rings. The van der Waals surface area contributed by atoms with Crippen LogP contribution in [0.2, 0.25) is 0 Å². The molecule has 0 amide bonds. The van der Waals surface area contributed by atoms with Crippen molar-refractivity contribution in [3.05, 3.63) is 28.0 Å². The maximum Gasteiger partial charge on any atom is 0.340 e. The summed E-state index contributed by atoms with van der Waals surface area (Å²) in [5, 5.41) is 8.68. The van der Waals surface area contributed by atoms with Crippen molar-refractivity contribution in [2.75, 3.05) is 7.11 Å². The van der Waals surface area contributed by atoms with Crippen LogP contribution in [-0.2, 0) is 4.74 Å². The van der Waals surface area contributed by atoms with Crippen molar-refractivity contribution in [1.29, 1.82) is 5.26 Å². The summed E-state index contributed by atoms with van der Waals surface area (Å²) >= 11 is 3.09. The van der Waals surface area contributed by atoms with Crippen molar-refractivity contribution in [3.63, 3.8) is 0 Å². The number of carbonyl (C=O) groups is 1. The molecule has 0 unspecified atom stereocenters. The minimum absolute atomic E-state index is 0.174. The van der Waals surface area contributed by atoms with Crippen molar-refractivity contribution >= 4 is 21.9 Å². The summed E-state index contributed by atoms with van der Waals surface area (Å²) < 4.78 is 4.98. The third-order valence-corrected chi connectivity index (χ3v) is 1.83. The van der Waals surface area contributed by atoms with Crippen LogP contribution >= 0.6 is 15.9 Å². The molecule has 1 aromatic rings. The molecular formula is C8H5BrN2O2. The van der Waals surface area contributed by atoms with Gasteiger partial charge in [-0.15, -0.1) is 0 Å². The highest BCUT2D eigenvalue weighted by Gasteiger charge is 2.12. The molecule has 13 heavy (non-hydrogen) atoms. The van der Waals surface area contributed by atoms with Gasteiger partial charge in [0.1, 0.15) is 10.7 Å². The summed E-state index contributed by atoms with van der Waals surface area (Å²) in [6.07, 6.45) is 1.30. The smallest absolute Gasteiger partial charge is 0.340 e. The lowest BCUT2D eigenvalue weighted by atomic mass is 10.1. The fraction of sp³-hybridized carbons (Fsp3) is 0.125. The number of ether oxygens (including phenoxy) is 1. The summed E-state index contributed by atoms with van der Waals surface area (Å²) in [4.78, 5) is 14.9. The summed E-state index contributed by atoms with van der Waals surface area (Å²) in [5.74, 6) is -0.559. The SMILES string of the molecule is COC(=O)c1cnc(Br)cc1C#N. The van der Waals surface area contributed by atoms with Gasteiger partial charge < -0.3 is 4.74 Å². The van der Waals surface area contributed by atoms with E-state index >= 15 is 0 Å². The van der Waals surface area contributed by atoms with Crippen molar-refractivity contribution < 1.29 is 9.53 Å². The maximum absolute atomic E-state index is 11.1. The Bertz CT molecular complexity index is 384.